The van der Waals surface area contributed by atoms with Crippen LogP contribution < -0.4 is 5.73 Å². The molecule has 1 aromatic rings. The van der Waals surface area contributed by atoms with Crippen LogP contribution in [0.2, 0.25) is 0 Å². The third-order valence-corrected chi connectivity index (χ3v) is 2.66. The van der Waals surface area contributed by atoms with Gasteiger partial charge in [-0.05, 0) is 11.1 Å². The Hall–Kier alpha value is -1.10. The largest absolute Gasteiger partial charge is 0.319 e. The second-order valence-electron chi connectivity index (χ2n) is 3.64. The summed E-state index contributed by atoms with van der Waals surface area (Å²) in [6.07, 6.45) is -3.32. The SMILES string of the molecule is NC1c2c(cccc2C(F)F)CC1(F)F. The van der Waals surface area contributed by atoms with Crippen molar-refractivity contribution in [1.29, 1.82) is 0 Å². The van der Waals surface area contributed by atoms with Crippen molar-refractivity contribution in [2.45, 2.75) is 24.8 Å². The van der Waals surface area contributed by atoms with Crippen LogP contribution in [0.3, 0.4) is 0 Å². The van der Waals surface area contributed by atoms with Crippen LogP contribution in [0.4, 0.5) is 17.6 Å². The third-order valence-electron chi connectivity index (χ3n) is 2.66. The van der Waals surface area contributed by atoms with E-state index >= 15 is 0 Å². The van der Waals surface area contributed by atoms with Crippen molar-refractivity contribution in [3.8, 4) is 0 Å². The van der Waals surface area contributed by atoms with E-state index in [0.717, 1.165) is 6.07 Å². The van der Waals surface area contributed by atoms with Gasteiger partial charge in [-0.25, -0.2) is 17.6 Å². The summed E-state index contributed by atoms with van der Waals surface area (Å²) in [5.41, 5.74) is 5.04. The maximum absolute atomic E-state index is 13.2. The van der Waals surface area contributed by atoms with Gasteiger partial charge in [-0.2, -0.15) is 0 Å². The van der Waals surface area contributed by atoms with Gasteiger partial charge in [-0.15, -0.1) is 0 Å². The molecule has 0 amide bonds. The van der Waals surface area contributed by atoms with Crippen LogP contribution in [0.5, 0.6) is 0 Å². The number of rotatable bonds is 1. The van der Waals surface area contributed by atoms with Crippen molar-refractivity contribution in [3.63, 3.8) is 0 Å². The predicted molar refractivity (Wildman–Crippen MR) is 47.0 cm³/mol. The zero-order chi connectivity index (χ0) is 11.2. The maximum Gasteiger partial charge on any atom is 0.271 e. The molecule has 15 heavy (non-hydrogen) atoms. The molecule has 1 aromatic carbocycles. The minimum absolute atomic E-state index is 0.0856. The van der Waals surface area contributed by atoms with Crippen LogP contribution in [0, 0.1) is 0 Å². The summed E-state index contributed by atoms with van der Waals surface area (Å²) < 4.78 is 51.5. The summed E-state index contributed by atoms with van der Waals surface area (Å²) in [7, 11) is 0. The van der Waals surface area contributed by atoms with Crippen LogP contribution in [-0.4, -0.2) is 5.92 Å². The molecule has 0 bridgehead atoms. The topological polar surface area (TPSA) is 26.0 Å². The summed E-state index contributed by atoms with van der Waals surface area (Å²) >= 11 is 0. The summed E-state index contributed by atoms with van der Waals surface area (Å²) in [5.74, 6) is -3.12. The van der Waals surface area contributed by atoms with E-state index in [2.05, 4.69) is 0 Å². The molecule has 0 spiro atoms. The molecular formula is C10H9F4N. The Kier molecular flexibility index (Phi) is 2.22. The highest BCUT2D eigenvalue weighted by Crippen LogP contribution is 2.44. The molecular weight excluding hydrogens is 210 g/mol. The molecule has 0 heterocycles. The Morgan fingerprint density at radius 2 is 2.00 bits per heavy atom. The quantitative estimate of drug-likeness (QED) is 0.722. The van der Waals surface area contributed by atoms with Gasteiger partial charge in [0.25, 0.3) is 12.3 Å². The molecule has 5 heteroatoms. The monoisotopic (exact) mass is 219 g/mol. The van der Waals surface area contributed by atoms with Crippen LogP contribution in [0.1, 0.15) is 29.2 Å². The molecule has 1 aliphatic carbocycles. The highest BCUT2D eigenvalue weighted by atomic mass is 19.3. The van der Waals surface area contributed by atoms with Gasteiger partial charge in [0.05, 0.1) is 6.04 Å². The highest BCUT2D eigenvalue weighted by molar-refractivity contribution is 5.44. The molecule has 82 valence electrons. The Bertz CT molecular complexity index is 389. The molecule has 1 atom stereocenters. The first-order chi connectivity index (χ1) is 6.93. The number of hydrogen-bond acceptors (Lipinski definition) is 1. The second-order valence-corrected chi connectivity index (χ2v) is 3.64. The second kappa shape index (κ2) is 3.20. The Balaban J connectivity index is 2.56. The average Bonchev–Trinajstić information content (AvgIpc) is 2.37. The first kappa shape index (κ1) is 10.4. The van der Waals surface area contributed by atoms with Crippen LogP contribution in [0.25, 0.3) is 0 Å². The smallest absolute Gasteiger partial charge is 0.271 e. The number of benzene rings is 1. The van der Waals surface area contributed by atoms with Crippen molar-refractivity contribution in [2.24, 2.45) is 5.73 Å². The number of nitrogens with two attached hydrogens (primary N) is 1. The van der Waals surface area contributed by atoms with Gasteiger partial charge in [0.15, 0.2) is 0 Å². The lowest BCUT2D eigenvalue weighted by molar-refractivity contribution is -0.0140. The lowest BCUT2D eigenvalue weighted by atomic mass is 10.0. The predicted octanol–water partition coefficient (Wildman–Crippen LogP) is 2.82. The van der Waals surface area contributed by atoms with Crippen molar-refractivity contribution < 1.29 is 17.6 Å². The molecule has 1 aliphatic rings. The summed E-state index contributed by atoms with van der Waals surface area (Å²) in [6.45, 7) is 0. The van der Waals surface area contributed by atoms with Gasteiger partial charge in [0, 0.05) is 12.0 Å². The molecule has 2 rings (SSSR count). The van der Waals surface area contributed by atoms with E-state index in [1.54, 1.807) is 0 Å². The van der Waals surface area contributed by atoms with Crippen LogP contribution in [0.15, 0.2) is 18.2 Å². The highest BCUT2D eigenvalue weighted by Gasteiger charge is 2.47. The van der Waals surface area contributed by atoms with Crippen molar-refractivity contribution in [1.82, 2.24) is 0 Å². The fourth-order valence-electron chi connectivity index (χ4n) is 1.93. The zero-order valence-electron chi connectivity index (χ0n) is 7.68. The van der Waals surface area contributed by atoms with Crippen molar-refractivity contribution in [3.05, 3.63) is 34.9 Å². The number of hydrogen-bond donors (Lipinski definition) is 1. The molecule has 0 fully saturated rings. The third kappa shape index (κ3) is 1.51. The lowest BCUT2D eigenvalue weighted by Gasteiger charge is -2.16. The Morgan fingerprint density at radius 1 is 1.33 bits per heavy atom. The van der Waals surface area contributed by atoms with Gasteiger partial charge in [0.1, 0.15) is 0 Å². The summed E-state index contributed by atoms with van der Waals surface area (Å²) in [5, 5.41) is 0. The minimum Gasteiger partial charge on any atom is -0.319 e. The van der Waals surface area contributed by atoms with E-state index in [9.17, 15) is 17.6 Å². The fourth-order valence-corrected chi connectivity index (χ4v) is 1.93. The molecule has 0 aliphatic heterocycles. The Labute approximate surface area is 83.9 Å². The van der Waals surface area contributed by atoms with Gasteiger partial charge in [-0.3, -0.25) is 0 Å². The maximum atomic E-state index is 13.2. The van der Waals surface area contributed by atoms with Gasteiger partial charge in [-0.1, -0.05) is 18.2 Å². The molecule has 0 saturated carbocycles. The normalized spacial score (nSPS) is 23.2. The van der Waals surface area contributed by atoms with Crippen molar-refractivity contribution >= 4 is 0 Å². The first-order valence-corrected chi connectivity index (χ1v) is 4.46. The molecule has 2 N–H and O–H groups in total. The van der Waals surface area contributed by atoms with Crippen LogP contribution in [-0.2, 0) is 6.42 Å². The number of alkyl halides is 4. The Morgan fingerprint density at radius 3 is 2.60 bits per heavy atom. The number of fused-ring (bicyclic) bond motifs is 1. The molecule has 1 nitrogen and oxygen atoms in total. The summed E-state index contributed by atoms with van der Waals surface area (Å²) in [6, 6.07) is 2.30. The molecule has 0 radical (unpaired) electrons. The van der Waals surface area contributed by atoms with E-state index in [0.29, 0.717) is 0 Å². The van der Waals surface area contributed by atoms with Gasteiger partial charge < -0.3 is 5.73 Å². The molecule has 0 aromatic heterocycles. The number of halogens is 4. The van der Waals surface area contributed by atoms with Gasteiger partial charge in [0.2, 0.25) is 0 Å². The van der Waals surface area contributed by atoms with E-state index in [1.165, 1.54) is 12.1 Å². The molecule has 1 unspecified atom stereocenters. The van der Waals surface area contributed by atoms with E-state index in [4.69, 9.17) is 5.73 Å². The molecule has 0 saturated heterocycles. The van der Waals surface area contributed by atoms with Gasteiger partial charge >= 0.3 is 0 Å². The summed E-state index contributed by atoms with van der Waals surface area (Å²) in [4.78, 5) is 0. The first-order valence-electron chi connectivity index (χ1n) is 4.46. The zero-order valence-corrected chi connectivity index (χ0v) is 7.68. The minimum atomic E-state index is -3.12. The fraction of sp³-hybridized carbons (Fsp3) is 0.400. The van der Waals surface area contributed by atoms with Crippen molar-refractivity contribution in [2.75, 3.05) is 0 Å². The lowest BCUT2D eigenvalue weighted by Crippen LogP contribution is -2.29. The average molecular weight is 219 g/mol. The van der Waals surface area contributed by atoms with E-state index < -0.39 is 24.8 Å². The van der Waals surface area contributed by atoms with Crippen LogP contribution >= 0.6 is 0 Å². The standard InChI is InChI=1S/C10H9F4N/c11-9(12)6-3-1-2-5-4-10(13,14)8(15)7(5)6/h1-3,8-9H,4,15H2. The van der Waals surface area contributed by atoms with E-state index in [-0.39, 0.29) is 16.7 Å². The van der Waals surface area contributed by atoms with E-state index in [1.807, 2.05) is 0 Å².